The van der Waals surface area contributed by atoms with Gasteiger partial charge in [-0.25, -0.2) is 0 Å². The summed E-state index contributed by atoms with van der Waals surface area (Å²) in [7, 11) is 0. The van der Waals surface area contributed by atoms with Crippen molar-refractivity contribution < 1.29 is 20.3 Å². The summed E-state index contributed by atoms with van der Waals surface area (Å²) in [5, 5.41) is 0. The first-order chi connectivity index (χ1) is 5.71. The van der Waals surface area contributed by atoms with E-state index in [9.17, 15) is 0 Å². The van der Waals surface area contributed by atoms with Crippen LogP contribution in [-0.2, 0) is 0 Å². The van der Waals surface area contributed by atoms with Crippen molar-refractivity contribution in [2.45, 2.75) is 47.1 Å². The van der Waals surface area contributed by atoms with E-state index in [2.05, 4.69) is 58.7 Å². The summed E-state index contributed by atoms with van der Waals surface area (Å²) in [6.45, 7) is 13.5. The van der Waals surface area contributed by atoms with Crippen molar-refractivity contribution in [1.29, 1.82) is 0 Å². The van der Waals surface area contributed by atoms with Gasteiger partial charge in [0.2, 0.25) is 0 Å². The average molecular weight is 187 g/mol. The Balaban J connectivity index is 0. The smallest absolute Gasteiger partial charge is 1.00 e. The fourth-order valence-electron chi connectivity index (χ4n) is 2.40. The summed E-state index contributed by atoms with van der Waals surface area (Å²) in [6.07, 6.45) is 6.24. The van der Waals surface area contributed by atoms with Gasteiger partial charge in [0, 0.05) is 6.21 Å². The molecule has 0 aromatic rings. The minimum atomic E-state index is -0.0417. The third-order valence-electron chi connectivity index (χ3n) is 2.99. The van der Waals surface area contributed by atoms with E-state index in [-0.39, 0.29) is 36.7 Å². The third kappa shape index (κ3) is 1.99. The van der Waals surface area contributed by atoms with Crippen LogP contribution in [0.3, 0.4) is 0 Å². The van der Waals surface area contributed by atoms with Gasteiger partial charge in [0.15, 0.2) is 0 Å². The van der Waals surface area contributed by atoms with Crippen molar-refractivity contribution in [2.75, 3.05) is 0 Å². The molecule has 1 aliphatic heterocycles. The Morgan fingerprint density at radius 1 is 1.00 bits per heavy atom. The topological polar surface area (TPSA) is 12.4 Å². The maximum Gasteiger partial charge on any atom is 1.00 e. The van der Waals surface area contributed by atoms with Gasteiger partial charge in [-0.3, -0.25) is 4.99 Å². The SMILES string of the molecule is CC(C)(C)C1(C(C)(C)C)C=CC=N1.[H-].[Li+]. The van der Waals surface area contributed by atoms with Gasteiger partial charge in [-0.15, -0.1) is 0 Å². The summed E-state index contributed by atoms with van der Waals surface area (Å²) >= 11 is 0. The van der Waals surface area contributed by atoms with Gasteiger partial charge in [-0.05, 0) is 16.9 Å². The zero-order valence-electron chi connectivity index (χ0n) is 11.7. The molecule has 2 heteroatoms. The molecule has 76 valence electrons. The Labute approximate surface area is 102 Å². The molecule has 0 aromatic carbocycles. The maximum atomic E-state index is 4.67. The number of allylic oxidation sites excluding steroid dienone is 1. The van der Waals surface area contributed by atoms with Gasteiger partial charge in [-0.2, -0.15) is 0 Å². The Morgan fingerprint density at radius 2 is 1.43 bits per heavy atom. The first-order valence-electron chi connectivity index (χ1n) is 4.94. The number of hydrogen-bond donors (Lipinski definition) is 0. The molecule has 0 spiro atoms. The Morgan fingerprint density at radius 3 is 1.57 bits per heavy atom. The number of aliphatic imine (C=N–C) groups is 1. The molecule has 0 saturated heterocycles. The van der Waals surface area contributed by atoms with Gasteiger partial charge < -0.3 is 1.43 Å². The zero-order valence-corrected chi connectivity index (χ0v) is 10.7. The second-order valence-corrected chi connectivity index (χ2v) is 5.90. The van der Waals surface area contributed by atoms with Gasteiger partial charge >= 0.3 is 18.9 Å². The molecule has 1 rings (SSSR count). The average Bonchev–Trinajstić information content (AvgIpc) is 2.28. The third-order valence-corrected chi connectivity index (χ3v) is 2.99. The second kappa shape index (κ2) is 3.87. The van der Waals surface area contributed by atoms with Crippen LogP contribution in [0.1, 0.15) is 43.0 Å². The summed E-state index contributed by atoms with van der Waals surface area (Å²) in [5.74, 6) is 0. The summed E-state index contributed by atoms with van der Waals surface area (Å²) < 4.78 is 0. The molecular weight excluding hydrogens is 165 g/mol. The van der Waals surface area contributed by atoms with Gasteiger partial charge in [-0.1, -0.05) is 47.6 Å². The zero-order chi connectivity index (χ0) is 10.3. The molecule has 0 atom stereocenters. The monoisotopic (exact) mass is 187 g/mol. The first kappa shape index (κ1) is 14.0. The molecule has 0 aromatic heterocycles. The van der Waals surface area contributed by atoms with Gasteiger partial charge in [0.05, 0.1) is 5.54 Å². The second-order valence-electron chi connectivity index (χ2n) is 5.90. The predicted molar refractivity (Wildman–Crippen MR) is 60.4 cm³/mol. The van der Waals surface area contributed by atoms with Crippen molar-refractivity contribution in [3.63, 3.8) is 0 Å². The minimum Gasteiger partial charge on any atom is -1.00 e. The molecule has 1 heterocycles. The molecule has 0 amide bonds. The molecule has 0 saturated carbocycles. The molecule has 0 N–H and O–H groups in total. The van der Waals surface area contributed by atoms with E-state index < -0.39 is 0 Å². The van der Waals surface area contributed by atoms with Crippen molar-refractivity contribution in [3.05, 3.63) is 12.2 Å². The van der Waals surface area contributed by atoms with Crippen LogP contribution in [0.5, 0.6) is 0 Å². The summed E-state index contributed by atoms with van der Waals surface area (Å²) in [6, 6.07) is 0. The fraction of sp³-hybridized carbons (Fsp3) is 0.750. The van der Waals surface area contributed by atoms with E-state index in [1.807, 2.05) is 6.21 Å². The molecular formula is C12H22LiN. The Hall–Kier alpha value is 0.00740. The van der Waals surface area contributed by atoms with Crippen molar-refractivity contribution in [3.8, 4) is 0 Å². The number of rotatable bonds is 0. The van der Waals surface area contributed by atoms with Gasteiger partial charge in [0.25, 0.3) is 0 Å². The van der Waals surface area contributed by atoms with Crippen LogP contribution in [0.25, 0.3) is 0 Å². The van der Waals surface area contributed by atoms with Crippen LogP contribution in [0.4, 0.5) is 0 Å². The van der Waals surface area contributed by atoms with E-state index in [0.717, 1.165) is 0 Å². The van der Waals surface area contributed by atoms with Crippen LogP contribution in [0.15, 0.2) is 17.1 Å². The van der Waals surface area contributed by atoms with Crippen LogP contribution in [0, 0.1) is 10.8 Å². The Bertz CT molecular complexity index is 228. The Kier molecular flexibility index (Phi) is 3.87. The van der Waals surface area contributed by atoms with Gasteiger partial charge in [0.1, 0.15) is 0 Å². The van der Waals surface area contributed by atoms with E-state index in [4.69, 9.17) is 0 Å². The normalized spacial score (nSPS) is 19.6. The van der Waals surface area contributed by atoms with Crippen molar-refractivity contribution in [1.82, 2.24) is 0 Å². The molecule has 0 bridgehead atoms. The largest absolute Gasteiger partial charge is 1.00 e. The van der Waals surface area contributed by atoms with Crippen molar-refractivity contribution in [2.24, 2.45) is 15.8 Å². The number of hydrogen-bond acceptors (Lipinski definition) is 1. The van der Waals surface area contributed by atoms with Crippen LogP contribution in [0.2, 0.25) is 0 Å². The maximum absolute atomic E-state index is 4.67. The van der Waals surface area contributed by atoms with E-state index in [1.54, 1.807) is 0 Å². The molecule has 0 unspecified atom stereocenters. The first-order valence-corrected chi connectivity index (χ1v) is 4.94. The molecule has 0 radical (unpaired) electrons. The fourth-order valence-corrected chi connectivity index (χ4v) is 2.40. The molecule has 14 heavy (non-hydrogen) atoms. The molecule has 1 aliphatic rings. The molecule has 0 aliphatic carbocycles. The standard InChI is InChI=1S/C12H21N.Li.H/c1-10(2,3)12(11(4,5)6)8-7-9-13-12;;/h7-9H,1-6H3;;/q;+1;-1. The van der Waals surface area contributed by atoms with E-state index in [1.165, 1.54) is 0 Å². The van der Waals surface area contributed by atoms with Crippen LogP contribution in [-0.4, -0.2) is 11.8 Å². The molecule has 1 nitrogen and oxygen atoms in total. The molecule has 0 fully saturated rings. The van der Waals surface area contributed by atoms with Crippen LogP contribution < -0.4 is 18.9 Å². The quantitative estimate of drug-likeness (QED) is 0.492. The predicted octanol–water partition coefficient (Wildman–Crippen LogP) is 0.575. The number of nitrogens with zero attached hydrogens (tertiary/aromatic N) is 1. The van der Waals surface area contributed by atoms with Crippen LogP contribution >= 0.6 is 0 Å². The summed E-state index contributed by atoms with van der Waals surface area (Å²) in [5.41, 5.74) is 0.309. The van der Waals surface area contributed by atoms with Crippen molar-refractivity contribution >= 4 is 6.21 Å². The van der Waals surface area contributed by atoms with E-state index >= 15 is 0 Å². The summed E-state index contributed by atoms with van der Waals surface area (Å²) in [4.78, 5) is 4.67. The minimum absolute atomic E-state index is 0. The van der Waals surface area contributed by atoms with E-state index in [0.29, 0.717) is 0 Å².